The van der Waals surface area contributed by atoms with E-state index in [9.17, 15) is 14.7 Å². The third-order valence-corrected chi connectivity index (χ3v) is 5.75. The molecule has 1 aromatic carbocycles. The second-order valence-corrected chi connectivity index (χ2v) is 9.43. The molecule has 1 heterocycles. The van der Waals surface area contributed by atoms with Crippen molar-refractivity contribution in [2.75, 3.05) is 59.7 Å². The Morgan fingerprint density at radius 3 is 2.62 bits per heavy atom. The van der Waals surface area contributed by atoms with Gasteiger partial charge in [0.1, 0.15) is 11.9 Å². The predicted octanol–water partition coefficient (Wildman–Crippen LogP) is 1.68. The van der Waals surface area contributed by atoms with Crippen molar-refractivity contribution in [2.24, 2.45) is 5.92 Å². The van der Waals surface area contributed by atoms with Gasteiger partial charge in [0.15, 0.2) is 0 Å². The number of ether oxygens (including phenoxy) is 1. The highest BCUT2D eigenvalue weighted by Gasteiger charge is 2.30. The number of fused-ring (bicyclic) bond motifs is 1. The summed E-state index contributed by atoms with van der Waals surface area (Å²) in [5.41, 5.74) is 1.40. The first kappa shape index (κ1) is 26.1. The van der Waals surface area contributed by atoms with Gasteiger partial charge in [-0.1, -0.05) is 6.92 Å². The number of hydrogen-bond donors (Lipinski definition) is 2. The first-order valence-electron chi connectivity index (χ1n) is 11.4. The summed E-state index contributed by atoms with van der Waals surface area (Å²) in [5, 5.41) is 12.6. The van der Waals surface area contributed by atoms with Crippen molar-refractivity contribution in [1.29, 1.82) is 0 Å². The SMILES string of the molecule is C[C@@H]1CN([C@@H](C)CO)C(=O)Cc2cc(NC(=O)CCCN(C)C)ccc2O[C@H]1CN(C)C. The van der Waals surface area contributed by atoms with Crippen LogP contribution in [0.4, 0.5) is 5.69 Å². The van der Waals surface area contributed by atoms with E-state index in [1.807, 2.05) is 53.3 Å². The Kier molecular flexibility index (Phi) is 9.93. The third kappa shape index (κ3) is 7.76. The summed E-state index contributed by atoms with van der Waals surface area (Å²) in [7, 11) is 7.96. The summed E-state index contributed by atoms with van der Waals surface area (Å²) in [6, 6.07) is 5.24. The van der Waals surface area contributed by atoms with Crippen LogP contribution in [0, 0.1) is 5.92 Å². The second kappa shape index (κ2) is 12.2. The molecule has 0 saturated carbocycles. The van der Waals surface area contributed by atoms with Crippen molar-refractivity contribution in [2.45, 2.75) is 45.3 Å². The molecule has 0 fully saturated rings. The van der Waals surface area contributed by atoms with Gasteiger partial charge in [-0.3, -0.25) is 9.59 Å². The van der Waals surface area contributed by atoms with Gasteiger partial charge in [-0.25, -0.2) is 0 Å². The number of likely N-dealkylation sites (N-methyl/N-ethyl adjacent to an activating group) is 1. The van der Waals surface area contributed by atoms with Crippen molar-refractivity contribution in [1.82, 2.24) is 14.7 Å². The Balaban J connectivity index is 2.27. The number of hydrogen-bond acceptors (Lipinski definition) is 6. The minimum Gasteiger partial charge on any atom is -0.488 e. The molecule has 0 unspecified atom stereocenters. The van der Waals surface area contributed by atoms with Gasteiger partial charge in [0.05, 0.1) is 19.1 Å². The Bertz CT molecular complexity index is 768. The molecule has 0 radical (unpaired) electrons. The van der Waals surface area contributed by atoms with Gasteiger partial charge in [0.2, 0.25) is 11.8 Å². The van der Waals surface area contributed by atoms with Crippen LogP contribution in [0.3, 0.4) is 0 Å². The number of aliphatic hydroxyl groups excluding tert-OH is 1. The fourth-order valence-electron chi connectivity index (χ4n) is 3.86. The Hall–Kier alpha value is -2.16. The molecule has 0 aliphatic carbocycles. The number of nitrogens with zero attached hydrogens (tertiary/aromatic N) is 3. The number of amides is 2. The highest BCUT2D eigenvalue weighted by Crippen LogP contribution is 2.29. The molecule has 2 amide bonds. The van der Waals surface area contributed by atoms with E-state index in [1.54, 1.807) is 4.90 Å². The van der Waals surface area contributed by atoms with Crippen LogP contribution in [0.5, 0.6) is 5.75 Å². The van der Waals surface area contributed by atoms with Crippen LogP contribution < -0.4 is 10.1 Å². The zero-order valence-corrected chi connectivity index (χ0v) is 20.4. The van der Waals surface area contributed by atoms with E-state index in [-0.39, 0.29) is 42.9 Å². The molecule has 1 aliphatic heterocycles. The van der Waals surface area contributed by atoms with Gasteiger partial charge in [0, 0.05) is 36.7 Å². The van der Waals surface area contributed by atoms with Gasteiger partial charge in [-0.15, -0.1) is 0 Å². The molecule has 1 aromatic rings. The molecule has 8 nitrogen and oxygen atoms in total. The molecular weight excluding hydrogens is 408 g/mol. The smallest absolute Gasteiger partial charge is 0.227 e. The number of carbonyl (C=O) groups excluding carboxylic acids is 2. The van der Waals surface area contributed by atoms with Gasteiger partial charge in [0.25, 0.3) is 0 Å². The second-order valence-electron chi connectivity index (χ2n) is 9.43. The zero-order chi connectivity index (χ0) is 23.8. The molecule has 2 N–H and O–H groups in total. The Morgan fingerprint density at radius 1 is 1.28 bits per heavy atom. The van der Waals surface area contributed by atoms with Crippen LogP contribution in [0.1, 0.15) is 32.3 Å². The lowest BCUT2D eigenvalue weighted by Crippen LogP contribution is -2.47. The lowest BCUT2D eigenvalue weighted by Gasteiger charge is -2.33. The molecule has 0 bridgehead atoms. The molecule has 3 atom stereocenters. The molecule has 32 heavy (non-hydrogen) atoms. The topological polar surface area (TPSA) is 85.3 Å². The molecule has 2 rings (SSSR count). The summed E-state index contributed by atoms with van der Waals surface area (Å²) < 4.78 is 6.40. The van der Waals surface area contributed by atoms with Gasteiger partial charge >= 0.3 is 0 Å². The van der Waals surface area contributed by atoms with Crippen molar-refractivity contribution >= 4 is 17.5 Å². The largest absolute Gasteiger partial charge is 0.488 e. The number of rotatable bonds is 9. The highest BCUT2D eigenvalue weighted by molar-refractivity contribution is 5.91. The third-order valence-electron chi connectivity index (χ3n) is 5.75. The van der Waals surface area contributed by atoms with Crippen molar-refractivity contribution in [3.63, 3.8) is 0 Å². The lowest BCUT2D eigenvalue weighted by atomic mass is 10.0. The summed E-state index contributed by atoms with van der Waals surface area (Å²) in [5.74, 6) is 0.651. The maximum Gasteiger partial charge on any atom is 0.227 e. The summed E-state index contributed by atoms with van der Waals surface area (Å²) >= 11 is 0. The molecule has 180 valence electrons. The van der Waals surface area contributed by atoms with Gasteiger partial charge in [-0.2, -0.15) is 0 Å². The van der Waals surface area contributed by atoms with E-state index in [0.717, 1.165) is 18.5 Å². The van der Waals surface area contributed by atoms with E-state index in [4.69, 9.17) is 4.74 Å². The summed E-state index contributed by atoms with van der Waals surface area (Å²) in [6.07, 6.45) is 1.26. The van der Waals surface area contributed by atoms with Crippen LogP contribution in [0.15, 0.2) is 18.2 Å². The number of benzene rings is 1. The van der Waals surface area contributed by atoms with Crippen LogP contribution in [-0.4, -0.2) is 98.2 Å². The molecular formula is C24H40N4O4. The minimum absolute atomic E-state index is 0.0447. The van der Waals surface area contributed by atoms with E-state index >= 15 is 0 Å². The molecule has 8 heteroatoms. The first-order valence-corrected chi connectivity index (χ1v) is 11.4. The van der Waals surface area contributed by atoms with Gasteiger partial charge in [-0.05, 0) is 66.3 Å². The quantitative estimate of drug-likeness (QED) is 0.598. The summed E-state index contributed by atoms with van der Waals surface area (Å²) in [4.78, 5) is 31.4. The maximum absolute atomic E-state index is 13.2. The monoisotopic (exact) mass is 448 g/mol. The van der Waals surface area contributed by atoms with Crippen LogP contribution >= 0.6 is 0 Å². The number of nitrogens with one attached hydrogen (secondary N) is 1. The standard InChI is InChI=1S/C24H40N4O4/c1-17-14-28(18(2)16-29)24(31)13-19-12-20(25-23(30)8-7-11-26(3)4)9-10-21(19)32-22(17)15-27(5)6/h9-10,12,17-18,22,29H,7-8,11,13-16H2,1-6H3,(H,25,30)/t17-,18+,22+/m1/s1. The average molecular weight is 449 g/mol. The van der Waals surface area contributed by atoms with Crippen molar-refractivity contribution in [3.05, 3.63) is 23.8 Å². The van der Waals surface area contributed by atoms with Crippen LogP contribution in [0.25, 0.3) is 0 Å². The van der Waals surface area contributed by atoms with E-state index in [2.05, 4.69) is 22.0 Å². The predicted molar refractivity (Wildman–Crippen MR) is 127 cm³/mol. The fourth-order valence-corrected chi connectivity index (χ4v) is 3.86. The number of anilines is 1. The number of aliphatic hydroxyl groups is 1. The average Bonchev–Trinajstić information content (AvgIpc) is 2.75. The normalized spacial score (nSPS) is 20.3. The van der Waals surface area contributed by atoms with Crippen molar-refractivity contribution in [3.8, 4) is 5.75 Å². The van der Waals surface area contributed by atoms with E-state index in [1.165, 1.54) is 0 Å². The zero-order valence-electron chi connectivity index (χ0n) is 20.4. The summed E-state index contributed by atoms with van der Waals surface area (Å²) in [6.45, 7) is 5.92. The molecule has 0 aromatic heterocycles. The highest BCUT2D eigenvalue weighted by atomic mass is 16.5. The van der Waals surface area contributed by atoms with E-state index < -0.39 is 0 Å². The number of carbonyl (C=O) groups is 2. The molecule has 0 saturated heterocycles. The van der Waals surface area contributed by atoms with Crippen molar-refractivity contribution < 1.29 is 19.4 Å². The van der Waals surface area contributed by atoms with E-state index in [0.29, 0.717) is 30.9 Å². The fraction of sp³-hybridized carbons (Fsp3) is 0.667. The molecule has 0 spiro atoms. The first-order chi connectivity index (χ1) is 15.1. The Labute approximate surface area is 192 Å². The lowest BCUT2D eigenvalue weighted by molar-refractivity contribution is -0.134. The van der Waals surface area contributed by atoms with Gasteiger partial charge < -0.3 is 29.9 Å². The maximum atomic E-state index is 13.2. The molecule has 1 aliphatic rings. The van der Waals surface area contributed by atoms with Crippen LogP contribution in [-0.2, 0) is 16.0 Å². The Morgan fingerprint density at radius 2 is 2.00 bits per heavy atom. The van der Waals surface area contributed by atoms with Crippen LogP contribution in [0.2, 0.25) is 0 Å². The minimum atomic E-state index is -0.272.